The summed E-state index contributed by atoms with van der Waals surface area (Å²) >= 11 is 5.19. The van der Waals surface area contributed by atoms with E-state index in [1.807, 2.05) is 23.6 Å². The zero-order chi connectivity index (χ0) is 13.9. The largest absolute Gasteiger partial charge is 0.380 e. The summed E-state index contributed by atoms with van der Waals surface area (Å²) in [5.74, 6) is -0.137. The zero-order valence-electron chi connectivity index (χ0n) is 11.0. The molecular formula is C15H16BrFN2S. The second-order valence-electron chi connectivity index (χ2n) is 4.91. The van der Waals surface area contributed by atoms with Crippen LogP contribution in [0.15, 0.2) is 34.1 Å². The fourth-order valence-electron chi connectivity index (χ4n) is 2.46. The first-order valence-electron chi connectivity index (χ1n) is 6.74. The number of anilines is 2. The summed E-state index contributed by atoms with van der Waals surface area (Å²) in [4.78, 5) is 3.34. The first-order chi connectivity index (χ1) is 9.74. The maximum Gasteiger partial charge on any atom is 0.148 e. The molecule has 0 radical (unpaired) electrons. The molecule has 1 saturated heterocycles. The Kier molecular flexibility index (Phi) is 4.27. The van der Waals surface area contributed by atoms with Gasteiger partial charge in [0.1, 0.15) is 5.82 Å². The van der Waals surface area contributed by atoms with Crippen molar-refractivity contribution in [1.29, 1.82) is 0 Å². The van der Waals surface area contributed by atoms with E-state index in [4.69, 9.17) is 0 Å². The van der Waals surface area contributed by atoms with Crippen molar-refractivity contribution >= 4 is 38.6 Å². The zero-order valence-corrected chi connectivity index (χ0v) is 13.4. The Morgan fingerprint density at radius 3 is 2.70 bits per heavy atom. The number of halogens is 2. The maximum absolute atomic E-state index is 14.2. The van der Waals surface area contributed by atoms with Crippen LogP contribution < -0.4 is 10.2 Å². The van der Waals surface area contributed by atoms with Gasteiger partial charge in [0.15, 0.2) is 0 Å². The quantitative estimate of drug-likeness (QED) is 0.842. The Morgan fingerprint density at radius 2 is 2.05 bits per heavy atom. The number of hydrogen-bond donors (Lipinski definition) is 1. The van der Waals surface area contributed by atoms with Gasteiger partial charge < -0.3 is 10.2 Å². The first-order valence-corrected chi connectivity index (χ1v) is 8.41. The van der Waals surface area contributed by atoms with E-state index in [1.165, 1.54) is 4.88 Å². The molecular weight excluding hydrogens is 339 g/mol. The van der Waals surface area contributed by atoms with Crippen LogP contribution in [0.4, 0.5) is 15.8 Å². The van der Waals surface area contributed by atoms with Crippen molar-refractivity contribution in [3.8, 4) is 0 Å². The lowest BCUT2D eigenvalue weighted by molar-refractivity contribution is 0.623. The van der Waals surface area contributed by atoms with Crippen LogP contribution in [0.3, 0.4) is 0 Å². The number of thiophene rings is 1. The minimum absolute atomic E-state index is 0.137. The minimum atomic E-state index is -0.137. The normalized spacial score (nSPS) is 14.8. The van der Waals surface area contributed by atoms with Gasteiger partial charge in [-0.15, -0.1) is 11.3 Å². The predicted octanol–water partition coefficient (Wildman–Crippen LogP) is 4.86. The fourth-order valence-corrected chi connectivity index (χ4v) is 3.90. The second kappa shape index (κ2) is 6.14. The molecule has 2 heterocycles. The molecule has 5 heteroatoms. The van der Waals surface area contributed by atoms with E-state index >= 15 is 0 Å². The van der Waals surface area contributed by atoms with E-state index in [-0.39, 0.29) is 5.82 Å². The molecule has 0 atom stereocenters. The third-order valence-corrected chi connectivity index (χ3v) is 5.46. The summed E-state index contributed by atoms with van der Waals surface area (Å²) in [5.41, 5.74) is 1.55. The van der Waals surface area contributed by atoms with Crippen molar-refractivity contribution in [3.63, 3.8) is 0 Å². The van der Waals surface area contributed by atoms with Crippen LogP contribution in [0.5, 0.6) is 0 Å². The second-order valence-corrected chi connectivity index (χ2v) is 6.76. The van der Waals surface area contributed by atoms with Crippen LogP contribution in [-0.2, 0) is 6.54 Å². The molecule has 1 aliphatic rings. The van der Waals surface area contributed by atoms with E-state index in [0.29, 0.717) is 6.54 Å². The van der Waals surface area contributed by atoms with Gasteiger partial charge in [0, 0.05) is 28.1 Å². The molecule has 0 aliphatic carbocycles. The molecule has 0 bridgehead atoms. The first kappa shape index (κ1) is 13.9. The average molecular weight is 355 g/mol. The Bertz CT molecular complexity index is 593. The van der Waals surface area contributed by atoms with Crippen molar-refractivity contribution in [2.75, 3.05) is 23.3 Å². The van der Waals surface area contributed by atoms with Crippen LogP contribution in [0.25, 0.3) is 0 Å². The van der Waals surface area contributed by atoms with E-state index in [2.05, 4.69) is 26.1 Å². The van der Waals surface area contributed by atoms with Crippen LogP contribution in [0, 0.1) is 5.82 Å². The van der Waals surface area contributed by atoms with Crippen LogP contribution in [0.2, 0.25) is 0 Å². The van der Waals surface area contributed by atoms with Gasteiger partial charge in [0.2, 0.25) is 0 Å². The third kappa shape index (κ3) is 2.99. The molecule has 2 aromatic rings. The Hall–Kier alpha value is -1.07. The monoisotopic (exact) mass is 354 g/mol. The molecule has 20 heavy (non-hydrogen) atoms. The van der Waals surface area contributed by atoms with Gasteiger partial charge >= 0.3 is 0 Å². The Balaban J connectivity index is 1.69. The lowest BCUT2D eigenvalue weighted by Gasteiger charge is -2.19. The number of hydrogen-bond acceptors (Lipinski definition) is 3. The van der Waals surface area contributed by atoms with Gasteiger partial charge in [-0.1, -0.05) is 0 Å². The van der Waals surface area contributed by atoms with E-state index in [0.717, 1.165) is 41.8 Å². The third-order valence-electron chi connectivity index (χ3n) is 3.54. The van der Waals surface area contributed by atoms with Crippen molar-refractivity contribution in [2.45, 2.75) is 19.4 Å². The molecule has 106 valence electrons. The summed E-state index contributed by atoms with van der Waals surface area (Å²) in [6.07, 6.45) is 2.32. The minimum Gasteiger partial charge on any atom is -0.380 e. The van der Waals surface area contributed by atoms with Crippen molar-refractivity contribution in [1.82, 2.24) is 0 Å². The smallest absolute Gasteiger partial charge is 0.148 e. The predicted molar refractivity (Wildman–Crippen MR) is 87.2 cm³/mol. The lowest BCUT2D eigenvalue weighted by Crippen LogP contribution is -2.18. The highest BCUT2D eigenvalue weighted by atomic mass is 79.9. The SMILES string of the molecule is Fc1cc(NCc2sccc2Br)ccc1N1CCCC1. The molecule has 0 spiro atoms. The molecule has 1 aliphatic heterocycles. The van der Waals surface area contributed by atoms with Crippen LogP contribution in [0.1, 0.15) is 17.7 Å². The van der Waals surface area contributed by atoms with Crippen molar-refractivity contribution < 1.29 is 4.39 Å². The Morgan fingerprint density at radius 1 is 1.25 bits per heavy atom. The summed E-state index contributed by atoms with van der Waals surface area (Å²) in [7, 11) is 0. The highest BCUT2D eigenvalue weighted by molar-refractivity contribution is 9.10. The van der Waals surface area contributed by atoms with Gasteiger partial charge in [0.05, 0.1) is 12.2 Å². The van der Waals surface area contributed by atoms with Crippen molar-refractivity contribution in [2.24, 2.45) is 0 Å². The van der Waals surface area contributed by atoms with Crippen LogP contribution >= 0.6 is 27.3 Å². The highest BCUT2D eigenvalue weighted by Crippen LogP contribution is 2.27. The van der Waals surface area contributed by atoms with Gasteiger partial charge in [-0.25, -0.2) is 4.39 Å². The molecule has 1 aromatic heterocycles. The molecule has 1 fully saturated rings. The Labute approximate surface area is 130 Å². The van der Waals surface area contributed by atoms with Gasteiger partial charge in [-0.2, -0.15) is 0 Å². The molecule has 2 nitrogen and oxygen atoms in total. The van der Waals surface area contributed by atoms with Gasteiger partial charge in [0.25, 0.3) is 0 Å². The lowest BCUT2D eigenvalue weighted by atomic mass is 10.2. The highest BCUT2D eigenvalue weighted by Gasteiger charge is 2.16. The van der Waals surface area contributed by atoms with E-state index < -0.39 is 0 Å². The maximum atomic E-state index is 14.2. The molecule has 0 unspecified atom stereocenters. The number of nitrogens with zero attached hydrogens (tertiary/aromatic N) is 1. The summed E-state index contributed by atoms with van der Waals surface area (Å²) in [6, 6.07) is 7.46. The molecule has 1 N–H and O–H groups in total. The van der Waals surface area contributed by atoms with E-state index in [9.17, 15) is 4.39 Å². The molecule has 3 rings (SSSR count). The number of rotatable bonds is 4. The average Bonchev–Trinajstić information content (AvgIpc) is 3.08. The standard InChI is InChI=1S/C15H16BrFN2S/c16-12-5-8-20-15(12)10-18-11-3-4-14(13(17)9-11)19-6-1-2-7-19/h3-5,8-9,18H,1-2,6-7,10H2. The molecule has 0 saturated carbocycles. The van der Waals surface area contributed by atoms with Gasteiger partial charge in [-0.3, -0.25) is 0 Å². The molecule has 0 amide bonds. The van der Waals surface area contributed by atoms with Crippen molar-refractivity contribution in [3.05, 3.63) is 44.8 Å². The topological polar surface area (TPSA) is 15.3 Å². The van der Waals surface area contributed by atoms with Gasteiger partial charge in [-0.05, 0) is 58.4 Å². The summed E-state index contributed by atoms with van der Waals surface area (Å²) in [6.45, 7) is 2.64. The number of nitrogens with one attached hydrogen (secondary N) is 1. The van der Waals surface area contributed by atoms with Crippen LogP contribution in [-0.4, -0.2) is 13.1 Å². The van der Waals surface area contributed by atoms with E-state index in [1.54, 1.807) is 17.4 Å². The fraction of sp³-hybridized carbons (Fsp3) is 0.333. The molecule has 1 aromatic carbocycles. The summed E-state index contributed by atoms with van der Waals surface area (Å²) in [5, 5.41) is 5.31. The summed E-state index contributed by atoms with van der Waals surface area (Å²) < 4.78 is 15.3. The number of benzene rings is 1.